The molecule has 0 radical (unpaired) electrons. The Labute approximate surface area is 340 Å². The summed E-state index contributed by atoms with van der Waals surface area (Å²) in [4.78, 5) is 31.4. The molecule has 1 aromatic carbocycles. The van der Waals surface area contributed by atoms with Gasteiger partial charge in [0.15, 0.2) is 0 Å². The fraction of sp³-hybridized carbons (Fsp3) is 0.843. The summed E-state index contributed by atoms with van der Waals surface area (Å²) >= 11 is 0. The van der Waals surface area contributed by atoms with Gasteiger partial charge in [0, 0.05) is 25.6 Å². The van der Waals surface area contributed by atoms with Crippen LogP contribution in [0.5, 0.6) is 0 Å². The third kappa shape index (κ3) is 5.59. The molecule has 1 aliphatic heterocycles. The van der Waals surface area contributed by atoms with Crippen molar-refractivity contribution in [1.82, 2.24) is 4.90 Å². The van der Waals surface area contributed by atoms with Crippen LogP contribution in [0.3, 0.4) is 0 Å². The molecule has 5 nitrogen and oxygen atoms in total. The lowest BCUT2D eigenvalue weighted by Crippen LogP contribution is -2.68. The van der Waals surface area contributed by atoms with Crippen LogP contribution in [-0.2, 0) is 25.5 Å². The van der Waals surface area contributed by atoms with Crippen molar-refractivity contribution in [3.63, 3.8) is 0 Å². The van der Waals surface area contributed by atoms with Crippen LogP contribution in [0.2, 0.25) is 0 Å². The highest BCUT2D eigenvalue weighted by atomic mass is 16.5. The van der Waals surface area contributed by atoms with Gasteiger partial charge in [-0.3, -0.25) is 9.59 Å². The van der Waals surface area contributed by atoms with Gasteiger partial charge in [0.2, 0.25) is 5.91 Å². The van der Waals surface area contributed by atoms with E-state index in [-0.39, 0.29) is 50.5 Å². The molecule has 0 bridgehead atoms. The average molecular weight is 768 g/mol. The first-order valence-corrected chi connectivity index (χ1v) is 23.5. The summed E-state index contributed by atoms with van der Waals surface area (Å²) in [5.74, 6) is 4.16. The lowest BCUT2D eigenvalue weighted by atomic mass is 9.32. The van der Waals surface area contributed by atoms with Gasteiger partial charge >= 0.3 is 5.97 Å². The van der Waals surface area contributed by atoms with Crippen LogP contribution < -0.4 is 0 Å². The Balaban J connectivity index is 0.932. The molecule has 12 atom stereocenters. The monoisotopic (exact) mass is 768 g/mol. The number of fused-ring (bicyclic) bond motifs is 7. The van der Waals surface area contributed by atoms with Gasteiger partial charge in [0.05, 0.1) is 17.4 Å². The lowest BCUT2D eigenvalue weighted by Gasteiger charge is -2.73. The molecule has 56 heavy (non-hydrogen) atoms. The van der Waals surface area contributed by atoms with E-state index >= 15 is 4.79 Å². The third-order valence-electron chi connectivity index (χ3n) is 21.1. The van der Waals surface area contributed by atoms with Crippen molar-refractivity contribution in [2.24, 2.45) is 79.3 Å². The van der Waals surface area contributed by atoms with E-state index in [2.05, 4.69) is 90.6 Å². The van der Waals surface area contributed by atoms with Crippen molar-refractivity contribution >= 4 is 11.9 Å². The molecule has 5 heteroatoms. The van der Waals surface area contributed by atoms with Crippen LogP contribution in [-0.4, -0.2) is 49.2 Å². The Hall–Kier alpha value is -1.88. The number of piperidine rings is 1. The second-order valence-corrected chi connectivity index (χ2v) is 23.7. The summed E-state index contributed by atoms with van der Waals surface area (Å²) in [7, 11) is 1.83. The predicted octanol–water partition coefficient (Wildman–Crippen LogP) is 11.3. The van der Waals surface area contributed by atoms with E-state index in [0.717, 1.165) is 64.5 Å². The van der Waals surface area contributed by atoms with E-state index in [1.54, 1.807) is 0 Å². The molecule has 0 spiro atoms. The van der Waals surface area contributed by atoms with Crippen molar-refractivity contribution < 1.29 is 19.1 Å². The Morgan fingerprint density at radius 2 is 1.41 bits per heavy atom. The van der Waals surface area contributed by atoms with E-state index in [1.165, 1.54) is 56.9 Å². The molecule has 1 aromatic rings. The molecular formula is C51H77NO4. The number of rotatable bonds is 7. The number of hydrogen-bond acceptors (Lipinski definition) is 4. The molecule has 1 amide bonds. The van der Waals surface area contributed by atoms with Crippen LogP contribution in [0.15, 0.2) is 30.3 Å². The minimum Gasteiger partial charge on any atom is -0.462 e. The second kappa shape index (κ2) is 13.3. The first-order valence-electron chi connectivity index (χ1n) is 23.5. The molecule has 0 aromatic heterocycles. The number of ether oxygens (including phenoxy) is 2. The average Bonchev–Trinajstić information content (AvgIpc) is 3.79. The number of likely N-dealkylation sites (tertiary alicyclic amines) is 1. The van der Waals surface area contributed by atoms with E-state index in [9.17, 15) is 4.79 Å². The van der Waals surface area contributed by atoms with Crippen LogP contribution in [0.1, 0.15) is 157 Å². The first kappa shape index (κ1) is 39.6. The zero-order valence-electron chi connectivity index (χ0n) is 36.9. The van der Waals surface area contributed by atoms with Crippen LogP contribution >= 0.6 is 0 Å². The quantitative estimate of drug-likeness (QED) is 0.259. The number of benzene rings is 1. The first-order chi connectivity index (χ1) is 26.4. The van der Waals surface area contributed by atoms with Gasteiger partial charge in [-0.05, 0) is 171 Å². The summed E-state index contributed by atoms with van der Waals surface area (Å²) in [5, 5.41) is 0. The molecular weight excluding hydrogens is 691 g/mol. The zero-order valence-corrected chi connectivity index (χ0v) is 36.9. The molecule has 8 aliphatic rings. The summed E-state index contributed by atoms with van der Waals surface area (Å²) in [6.07, 6.45) is 18.8. The second-order valence-electron chi connectivity index (χ2n) is 23.7. The number of esters is 1. The largest absolute Gasteiger partial charge is 0.462 e. The SMILES string of the molecule is COC1CCN(C(=O)[C@]23CC[C@@H](C4(C)CC4)[C@@H]2[C@H]2CC[C@@H]4[C@@]5(C)CC[C@H](OC(=O)[C@H]6CC(Cc7ccccc7)C6(C)C)C(C)(C)[C@@H]5CC[C@@]4(C)[C@]2(C)CC3)CC1. The molecule has 1 heterocycles. The number of nitrogens with zero attached hydrogens (tertiary/aromatic N) is 1. The minimum atomic E-state index is -0.162. The van der Waals surface area contributed by atoms with Crippen LogP contribution in [0, 0.1) is 79.3 Å². The van der Waals surface area contributed by atoms with Gasteiger partial charge in [-0.25, -0.2) is 0 Å². The lowest BCUT2D eigenvalue weighted by molar-refractivity contribution is -0.253. The molecule has 0 N–H and O–H groups in total. The van der Waals surface area contributed by atoms with Crippen molar-refractivity contribution in [1.29, 1.82) is 0 Å². The maximum Gasteiger partial charge on any atom is 0.309 e. The zero-order chi connectivity index (χ0) is 39.7. The number of carbonyl (C=O) groups is 2. The molecule has 8 fully saturated rings. The summed E-state index contributed by atoms with van der Waals surface area (Å²) < 4.78 is 12.4. The summed E-state index contributed by atoms with van der Waals surface area (Å²) in [6.45, 7) is 22.0. The Kier molecular flexibility index (Phi) is 9.41. The molecule has 1 unspecified atom stereocenters. The van der Waals surface area contributed by atoms with Crippen LogP contribution in [0.25, 0.3) is 0 Å². The predicted molar refractivity (Wildman–Crippen MR) is 224 cm³/mol. The number of carbonyl (C=O) groups excluding carboxylic acids is 2. The highest BCUT2D eigenvalue weighted by molar-refractivity contribution is 5.84. The normalized spacial score (nSPS) is 46.0. The fourth-order valence-electron chi connectivity index (χ4n) is 17.0. The van der Waals surface area contributed by atoms with E-state index < -0.39 is 0 Å². The highest BCUT2D eigenvalue weighted by Crippen LogP contribution is 2.79. The molecule has 1 saturated heterocycles. The number of methoxy groups -OCH3 is 1. The molecule has 310 valence electrons. The smallest absolute Gasteiger partial charge is 0.309 e. The van der Waals surface area contributed by atoms with Gasteiger partial charge in [-0.1, -0.05) is 85.7 Å². The van der Waals surface area contributed by atoms with Crippen molar-refractivity contribution in [3.05, 3.63) is 35.9 Å². The Bertz CT molecular complexity index is 1670. The fourth-order valence-corrected chi connectivity index (χ4v) is 17.0. The Morgan fingerprint density at radius 1 is 0.696 bits per heavy atom. The highest BCUT2D eigenvalue weighted by Gasteiger charge is 2.74. The number of amides is 1. The van der Waals surface area contributed by atoms with E-state index in [4.69, 9.17) is 9.47 Å². The van der Waals surface area contributed by atoms with Crippen molar-refractivity contribution in [2.45, 2.75) is 170 Å². The molecule has 7 saturated carbocycles. The van der Waals surface area contributed by atoms with E-state index in [1.807, 2.05) is 7.11 Å². The Morgan fingerprint density at radius 3 is 2.07 bits per heavy atom. The maximum atomic E-state index is 15.0. The van der Waals surface area contributed by atoms with Gasteiger partial charge in [0.1, 0.15) is 6.10 Å². The standard InChI is InChI=1S/C51H77NO4/c1-45(2)34(31-33-13-11-10-12-14-33)32-38(45)43(53)56-41-19-22-48(6)39(46(41,3)4)18-23-50(8)40(48)16-15-37-42-36(47(5)25-26-47)17-24-51(42,28-27-49(37,50)7)44(54)52-29-20-35(55-9)21-30-52/h10-14,34-42H,15-32H2,1-9H3/t34?,36-,37-,38-,39+,40-,41+,42-,48+,49-,50-,51+/m1/s1. The molecule has 9 rings (SSSR count). The van der Waals surface area contributed by atoms with Crippen molar-refractivity contribution in [2.75, 3.05) is 20.2 Å². The minimum absolute atomic E-state index is 0.00926. The summed E-state index contributed by atoms with van der Waals surface area (Å²) in [5.41, 5.74) is 2.29. The van der Waals surface area contributed by atoms with Gasteiger partial charge < -0.3 is 14.4 Å². The number of hydrogen-bond donors (Lipinski definition) is 0. The van der Waals surface area contributed by atoms with Gasteiger partial charge in [-0.2, -0.15) is 0 Å². The van der Waals surface area contributed by atoms with Gasteiger partial charge in [0.25, 0.3) is 0 Å². The van der Waals surface area contributed by atoms with E-state index in [0.29, 0.717) is 52.9 Å². The third-order valence-corrected chi connectivity index (χ3v) is 21.1. The summed E-state index contributed by atoms with van der Waals surface area (Å²) in [6, 6.07) is 10.8. The maximum absolute atomic E-state index is 15.0. The van der Waals surface area contributed by atoms with Crippen molar-refractivity contribution in [3.8, 4) is 0 Å². The topological polar surface area (TPSA) is 55.8 Å². The van der Waals surface area contributed by atoms with Crippen LogP contribution in [0.4, 0.5) is 0 Å². The van der Waals surface area contributed by atoms with Gasteiger partial charge in [-0.15, -0.1) is 0 Å². The molecule has 7 aliphatic carbocycles.